The van der Waals surface area contributed by atoms with Crippen LogP contribution in [0.4, 0.5) is 5.69 Å². The second-order valence-corrected chi connectivity index (χ2v) is 3.77. The Morgan fingerprint density at radius 1 is 1.25 bits per heavy atom. The first-order valence-electron chi connectivity index (χ1n) is 5.19. The fourth-order valence-electron chi connectivity index (χ4n) is 1.65. The van der Waals surface area contributed by atoms with E-state index in [1.165, 1.54) is 6.92 Å². The van der Waals surface area contributed by atoms with Crippen molar-refractivity contribution in [3.05, 3.63) is 42.1 Å². The lowest BCUT2D eigenvalue weighted by molar-refractivity contribution is -0.114. The fourth-order valence-corrected chi connectivity index (χ4v) is 1.65. The van der Waals surface area contributed by atoms with Gasteiger partial charge in [0.1, 0.15) is 0 Å². The summed E-state index contributed by atoms with van der Waals surface area (Å²) in [7, 11) is 0. The summed E-state index contributed by atoms with van der Waals surface area (Å²) in [5.41, 5.74) is 3.93. The molecule has 0 fully saturated rings. The number of amides is 1. The van der Waals surface area contributed by atoms with Crippen LogP contribution in [0.2, 0.25) is 0 Å². The van der Waals surface area contributed by atoms with Crippen LogP contribution in [-0.4, -0.2) is 10.9 Å². The summed E-state index contributed by atoms with van der Waals surface area (Å²) in [6, 6.07) is 12.0. The van der Waals surface area contributed by atoms with Crippen LogP contribution in [0.3, 0.4) is 0 Å². The maximum Gasteiger partial charge on any atom is 0.221 e. The van der Waals surface area contributed by atoms with Gasteiger partial charge < -0.3 is 10.3 Å². The lowest BCUT2D eigenvalue weighted by atomic mass is 10.1. The molecule has 0 atom stereocenters. The Morgan fingerprint density at radius 2 is 1.94 bits per heavy atom. The summed E-state index contributed by atoms with van der Waals surface area (Å²) in [4.78, 5) is 14.2. The van der Waals surface area contributed by atoms with Gasteiger partial charge >= 0.3 is 0 Å². The first-order valence-corrected chi connectivity index (χ1v) is 5.19. The van der Waals surface area contributed by atoms with Crippen molar-refractivity contribution in [1.82, 2.24) is 4.98 Å². The Kier molecular flexibility index (Phi) is 2.77. The molecule has 0 aliphatic heterocycles. The summed E-state index contributed by atoms with van der Waals surface area (Å²) >= 11 is 0. The predicted molar refractivity (Wildman–Crippen MR) is 65.3 cm³/mol. The zero-order chi connectivity index (χ0) is 11.5. The van der Waals surface area contributed by atoms with Crippen molar-refractivity contribution < 1.29 is 4.79 Å². The first-order chi connectivity index (χ1) is 7.66. The first kappa shape index (κ1) is 10.5. The lowest BCUT2D eigenvalue weighted by Crippen LogP contribution is -2.05. The van der Waals surface area contributed by atoms with E-state index in [1.807, 2.05) is 43.3 Å². The Labute approximate surface area is 94.5 Å². The molecule has 0 radical (unpaired) electrons. The van der Waals surface area contributed by atoms with Crippen molar-refractivity contribution in [3.63, 3.8) is 0 Å². The van der Waals surface area contributed by atoms with Crippen molar-refractivity contribution in [3.8, 4) is 11.3 Å². The maximum atomic E-state index is 11.0. The smallest absolute Gasteiger partial charge is 0.221 e. The molecule has 1 aromatic carbocycles. The third kappa shape index (κ3) is 2.14. The number of nitrogens with one attached hydrogen (secondary N) is 2. The van der Waals surface area contributed by atoms with Crippen LogP contribution in [0.15, 0.2) is 36.4 Å². The molecule has 1 aromatic heterocycles. The molecule has 0 unspecified atom stereocenters. The van der Waals surface area contributed by atoms with Gasteiger partial charge in [-0.05, 0) is 18.6 Å². The van der Waals surface area contributed by atoms with Crippen molar-refractivity contribution in [1.29, 1.82) is 0 Å². The number of hydrogen-bond acceptors (Lipinski definition) is 1. The molecule has 1 amide bonds. The fraction of sp³-hybridized carbons (Fsp3) is 0.154. The Hall–Kier alpha value is -2.03. The number of benzene rings is 1. The quantitative estimate of drug-likeness (QED) is 0.793. The summed E-state index contributed by atoms with van der Waals surface area (Å²) < 4.78 is 0. The van der Waals surface area contributed by atoms with Crippen LogP contribution in [0.25, 0.3) is 11.3 Å². The number of carbonyl (C=O) groups excluding carboxylic acids is 1. The third-order valence-corrected chi connectivity index (χ3v) is 2.41. The lowest BCUT2D eigenvalue weighted by Gasteiger charge is -1.97. The van der Waals surface area contributed by atoms with Crippen LogP contribution >= 0.6 is 0 Å². The van der Waals surface area contributed by atoms with Crippen LogP contribution < -0.4 is 5.32 Å². The highest BCUT2D eigenvalue weighted by atomic mass is 16.1. The molecule has 82 valence electrons. The minimum absolute atomic E-state index is 0.0540. The highest BCUT2D eigenvalue weighted by molar-refractivity contribution is 5.90. The minimum atomic E-state index is -0.0540. The van der Waals surface area contributed by atoms with E-state index in [2.05, 4.69) is 10.3 Å². The van der Waals surface area contributed by atoms with Crippen molar-refractivity contribution in [2.45, 2.75) is 13.8 Å². The van der Waals surface area contributed by atoms with Gasteiger partial charge in [0.15, 0.2) is 0 Å². The van der Waals surface area contributed by atoms with Gasteiger partial charge in [-0.15, -0.1) is 0 Å². The Balaban J connectivity index is 2.34. The zero-order valence-corrected chi connectivity index (χ0v) is 9.37. The van der Waals surface area contributed by atoms with E-state index in [1.54, 1.807) is 0 Å². The van der Waals surface area contributed by atoms with Crippen LogP contribution in [0.5, 0.6) is 0 Å². The van der Waals surface area contributed by atoms with Gasteiger partial charge in [-0.3, -0.25) is 4.79 Å². The third-order valence-electron chi connectivity index (χ3n) is 2.41. The molecule has 2 N–H and O–H groups in total. The van der Waals surface area contributed by atoms with Crippen LogP contribution in [0, 0.1) is 6.92 Å². The van der Waals surface area contributed by atoms with Crippen molar-refractivity contribution in [2.75, 3.05) is 5.32 Å². The van der Waals surface area contributed by atoms with E-state index in [-0.39, 0.29) is 5.91 Å². The van der Waals surface area contributed by atoms with Crippen LogP contribution in [-0.2, 0) is 4.79 Å². The normalized spacial score (nSPS) is 10.1. The number of aryl methyl sites for hydroxylation is 1. The van der Waals surface area contributed by atoms with Gasteiger partial charge in [-0.2, -0.15) is 0 Å². The van der Waals surface area contributed by atoms with Crippen molar-refractivity contribution >= 4 is 11.6 Å². The highest BCUT2D eigenvalue weighted by Crippen LogP contribution is 2.24. The molecule has 3 nitrogen and oxygen atoms in total. The zero-order valence-electron chi connectivity index (χ0n) is 9.37. The molecular formula is C13H14N2O. The van der Waals surface area contributed by atoms with Gasteiger partial charge in [-0.25, -0.2) is 0 Å². The largest absolute Gasteiger partial charge is 0.357 e. The average molecular weight is 214 g/mol. The van der Waals surface area contributed by atoms with Crippen LogP contribution in [0.1, 0.15) is 12.6 Å². The number of aromatic nitrogens is 1. The molecule has 1 heterocycles. The van der Waals surface area contributed by atoms with Gasteiger partial charge in [0.05, 0.1) is 5.69 Å². The molecule has 0 saturated carbocycles. The van der Waals surface area contributed by atoms with Crippen molar-refractivity contribution in [2.24, 2.45) is 0 Å². The standard InChI is InChI=1S/C13H14N2O/c1-9-12(15-10(2)16)8-13(14-9)11-6-4-3-5-7-11/h3-8,14H,1-2H3,(H,15,16). The molecule has 0 saturated heterocycles. The second kappa shape index (κ2) is 4.23. The molecule has 2 rings (SSSR count). The molecule has 0 spiro atoms. The molecule has 0 aliphatic rings. The molecule has 3 heteroatoms. The Bertz CT molecular complexity index is 500. The van der Waals surface area contributed by atoms with E-state index in [0.29, 0.717) is 0 Å². The maximum absolute atomic E-state index is 11.0. The van der Waals surface area contributed by atoms with Gasteiger partial charge in [-0.1, -0.05) is 30.3 Å². The Morgan fingerprint density at radius 3 is 2.56 bits per heavy atom. The van der Waals surface area contributed by atoms with E-state index in [9.17, 15) is 4.79 Å². The summed E-state index contributed by atoms with van der Waals surface area (Å²) in [6.45, 7) is 3.45. The summed E-state index contributed by atoms with van der Waals surface area (Å²) in [6.07, 6.45) is 0. The molecule has 2 aromatic rings. The second-order valence-electron chi connectivity index (χ2n) is 3.77. The molecule has 16 heavy (non-hydrogen) atoms. The highest BCUT2D eigenvalue weighted by Gasteiger charge is 2.06. The monoisotopic (exact) mass is 214 g/mol. The number of hydrogen-bond donors (Lipinski definition) is 2. The number of H-pyrrole nitrogens is 1. The van der Waals surface area contributed by atoms with E-state index < -0.39 is 0 Å². The van der Waals surface area contributed by atoms with E-state index in [0.717, 1.165) is 22.6 Å². The SMILES string of the molecule is CC(=O)Nc1cc(-c2ccccc2)[nH]c1C. The summed E-state index contributed by atoms with van der Waals surface area (Å²) in [5, 5.41) is 2.79. The number of anilines is 1. The molecule has 0 bridgehead atoms. The predicted octanol–water partition coefficient (Wildman–Crippen LogP) is 2.95. The minimum Gasteiger partial charge on any atom is -0.357 e. The van der Waals surface area contributed by atoms with E-state index >= 15 is 0 Å². The number of rotatable bonds is 2. The van der Waals surface area contributed by atoms with E-state index in [4.69, 9.17) is 0 Å². The van der Waals surface area contributed by atoms with Gasteiger partial charge in [0, 0.05) is 18.3 Å². The topological polar surface area (TPSA) is 44.9 Å². The summed E-state index contributed by atoms with van der Waals surface area (Å²) in [5.74, 6) is -0.0540. The van der Waals surface area contributed by atoms with Gasteiger partial charge in [0.2, 0.25) is 5.91 Å². The number of aromatic amines is 1. The van der Waals surface area contributed by atoms with Gasteiger partial charge in [0.25, 0.3) is 0 Å². The molecular weight excluding hydrogens is 200 g/mol. The number of carbonyl (C=O) groups is 1. The average Bonchev–Trinajstić information content (AvgIpc) is 2.61. The molecule has 0 aliphatic carbocycles.